The first-order valence-corrected chi connectivity index (χ1v) is 7.56. The number of amides is 1. The topological polar surface area (TPSA) is 44.1 Å². The number of rotatable bonds is 2. The van der Waals surface area contributed by atoms with E-state index < -0.39 is 6.04 Å². The van der Waals surface area contributed by atoms with Crippen molar-refractivity contribution < 1.29 is 4.79 Å². The Balaban J connectivity index is 2.10. The molecular formula is C17H12Cl2N2O. The number of halogens is 2. The largest absolute Gasteiger partial charge is 0.312 e. The van der Waals surface area contributed by atoms with Gasteiger partial charge in [-0.3, -0.25) is 4.79 Å². The molecule has 22 heavy (non-hydrogen) atoms. The van der Waals surface area contributed by atoms with E-state index in [1.165, 1.54) is 0 Å². The van der Waals surface area contributed by atoms with E-state index in [1.54, 1.807) is 17.0 Å². The molecule has 3 nitrogen and oxygen atoms in total. The van der Waals surface area contributed by atoms with Crippen molar-refractivity contribution in [1.29, 1.82) is 5.26 Å². The van der Waals surface area contributed by atoms with E-state index in [0.717, 1.165) is 5.56 Å². The molecule has 0 saturated heterocycles. The predicted octanol–water partition coefficient (Wildman–Crippen LogP) is 4.78. The van der Waals surface area contributed by atoms with Gasteiger partial charge in [-0.25, -0.2) is 0 Å². The van der Waals surface area contributed by atoms with Crippen LogP contribution < -0.4 is 0 Å². The molecule has 0 aromatic heterocycles. The molecule has 2 aromatic carbocycles. The molecule has 110 valence electrons. The summed E-state index contributed by atoms with van der Waals surface area (Å²) in [6.45, 7) is 1.90. The summed E-state index contributed by atoms with van der Waals surface area (Å²) in [5.41, 5.74) is 1.92. The second-order valence-corrected chi connectivity index (χ2v) is 6.02. The molecule has 2 unspecified atom stereocenters. The lowest BCUT2D eigenvalue weighted by Gasteiger charge is -2.28. The number of hydrogen-bond donors (Lipinski definition) is 0. The standard InChI is InChI=1S/C17H12Cl2N2O/c1-10(11-5-3-2-4-6-11)21-15(9-20)16-13(17(21)22)7-12(18)8-14(16)19/h2-8,10,15H,1H3. The van der Waals surface area contributed by atoms with Crippen LogP contribution in [0.3, 0.4) is 0 Å². The molecule has 1 amide bonds. The number of carbonyl (C=O) groups is 1. The van der Waals surface area contributed by atoms with Crippen LogP contribution in [-0.2, 0) is 0 Å². The van der Waals surface area contributed by atoms with Crippen LogP contribution in [-0.4, -0.2) is 10.8 Å². The lowest BCUT2D eigenvalue weighted by molar-refractivity contribution is 0.0687. The lowest BCUT2D eigenvalue weighted by Crippen LogP contribution is -2.30. The van der Waals surface area contributed by atoms with Gasteiger partial charge >= 0.3 is 0 Å². The normalized spacial score (nSPS) is 18.0. The minimum Gasteiger partial charge on any atom is -0.312 e. The summed E-state index contributed by atoms with van der Waals surface area (Å²) in [6.07, 6.45) is 0. The van der Waals surface area contributed by atoms with Crippen LogP contribution in [0.2, 0.25) is 10.0 Å². The Morgan fingerprint density at radius 2 is 1.91 bits per heavy atom. The van der Waals surface area contributed by atoms with Gasteiger partial charge in [-0.05, 0) is 24.6 Å². The van der Waals surface area contributed by atoms with E-state index in [2.05, 4.69) is 6.07 Å². The molecule has 1 aliphatic heterocycles. The average Bonchev–Trinajstić information content (AvgIpc) is 2.80. The minimum atomic E-state index is -0.706. The van der Waals surface area contributed by atoms with E-state index >= 15 is 0 Å². The fraction of sp³-hybridized carbons (Fsp3) is 0.176. The first kappa shape index (κ1) is 14.9. The van der Waals surface area contributed by atoms with E-state index in [1.807, 2.05) is 37.3 Å². The third kappa shape index (κ3) is 2.25. The van der Waals surface area contributed by atoms with E-state index in [0.29, 0.717) is 21.2 Å². The lowest BCUT2D eigenvalue weighted by atomic mass is 10.0. The molecule has 0 spiro atoms. The van der Waals surface area contributed by atoms with Gasteiger partial charge in [0.2, 0.25) is 0 Å². The maximum Gasteiger partial charge on any atom is 0.256 e. The van der Waals surface area contributed by atoms with Crippen LogP contribution in [0.15, 0.2) is 42.5 Å². The zero-order chi connectivity index (χ0) is 15.9. The van der Waals surface area contributed by atoms with Crippen LogP contribution in [0.25, 0.3) is 0 Å². The SMILES string of the molecule is CC(c1ccccc1)N1C(=O)c2cc(Cl)cc(Cl)c2C1C#N. The Kier molecular flexibility index (Phi) is 3.82. The second-order valence-electron chi connectivity index (χ2n) is 5.18. The molecule has 2 aromatic rings. The van der Waals surface area contributed by atoms with Gasteiger partial charge in [0.15, 0.2) is 0 Å². The highest BCUT2D eigenvalue weighted by atomic mass is 35.5. The second kappa shape index (κ2) is 5.64. The van der Waals surface area contributed by atoms with Crippen LogP contribution in [0.5, 0.6) is 0 Å². The summed E-state index contributed by atoms with van der Waals surface area (Å²) in [6, 6.07) is 14.0. The van der Waals surface area contributed by atoms with Crippen molar-refractivity contribution in [3.05, 3.63) is 69.2 Å². The van der Waals surface area contributed by atoms with Gasteiger partial charge in [0.1, 0.15) is 6.04 Å². The Labute approximate surface area is 138 Å². The molecule has 2 atom stereocenters. The van der Waals surface area contributed by atoms with Crippen molar-refractivity contribution in [1.82, 2.24) is 4.90 Å². The Hall–Kier alpha value is -2.02. The van der Waals surface area contributed by atoms with Gasteiger partial charge in [0.05, 0.1) is 12.1 Å². The summed E-state index contributed by atoms with van der Waals surface area (Å²) in [5.74, 6) is -0.220. The van der Waals surface area contributed by atoms with Crippen molar-refractivity contribution in [3.8, 4) is 6.07 Å². The van der Waals surface area contributed by atoms with Gasteiger partial charge in [0, 0.05) is 21.2 Å². The number of nitriles is 1. The number of fused-ring (bicyclic) bond motifs is 1. The van der Waals surface area contributed by atoms with E-state index in [4.69, 9.17) is 23.2 Å². The minimum absolute atomic E-state index is 0.220. The van der Waals surface area contributed by atoms with Crippen molar-refractivity contribution >= 4 is 29.1 Å². The van der Waals surface area contributed by atoms with Gasteiger partial charge in [-0.1, -0.05) is 53.5 Å². The zero-order valence-electron chi connectivity index (χ0n) is 11.8. The van der Waals surface area contributed by atoms with Gasteiger partial charge in [-0.2, -0.15) is 5.26 Å². The monoisotopic (exact) mass is 330 g/mol. The number of benzene rings is 2. The van der Waals surface area contributed by atoms with Crippen molar-refractivity contribution in [2.24, 2.45) is 0 Å². The van der Waals surface area contributed by atoms with Crippen molar-refractivity contribution in [3.63, 3.8) is 0 Å². The highest BCUT2D eigenvalue weighted by Gasteiger charge is 2.41. The van der Waals surface area contributed by atoms with Crippen LogP contribution >= 0.6 is 23.2 Å². The molecule has 0 fully saturated rings. The van der Waals surface area contributed by atoms with Gasteiger partial charge in [0.25, 0.3) is 5.91 Å². The zero-order valence-corrected chi connectivity index (χ0v) is 13.3. The molecule has 3 rings (SSSR count). The number of carbonyl (C=O) groups excluding carboxylic acids is 1. The van der Waals surface area contributed by atoms with Gasteiger partial charge < -0.3 is 4.90 Å². The van der Waals surface area contributed by atoms with Crippen LogP contribution in [0, 0.1) is 11.3 Å². The predicted molar refractivity (Wildman–Crippen MR) is 85.8 cm³/mol. The maximum atomic E-state index is 12.7. The highest BCUT2D eigenvalue weighted by Crippen LogP contribution is 2.43. The molecule has 0 bridgehead atoms. The van der Waals surface area contributed by atoms with Crippen molar-refractivity contribution in [2.75, 3.05) is 0 Å². The quantitative estimate of drug-likeness (QED) is 0.795. The highest BCUT2D eigenvalue weighted by molar-refractivity contribution is 6.36. The molecule has 1 aliphatic rings. The third-order valence-corrected chi connectivity index (χ3v) is 4.46. The van der Waals surface area contributed by atoms with E-state index in [-0.39, 0.29) is 11.9 Å². The molecule has 1 heterocycles. The van der Waals surface area contributed by atoms with Gasteiger partial charge in [-0.15, -0.1) is 0 Å². The molecule has 0 N–H and O–H groups in total. The average molecular weight is 331 g/mol. The summed E-state index contributed by atoms with van der Waals surface area (Å²) in [4.78, 5) is 14.3. The fourth-order valence-electron chi connectivity index (χ4n) is 2.85. The molecule has 0 radical (unpaired) electrons. The first-order valence-electron chi connectivity index (χ1n) is 6.80. The summed E-state index contributed by atoms with van der Waals surface area (Å²) >= 11 is 12.2. The summed E-state index contributed by atoms with van der Waals surface area (Å²) < 4.78 is 0. The van der Waals surface area contributed by atoms with Crippen LogP contribution in [0.1, 0.15) is 40.5 Å². The number of nitrogens with zero attached hydrogens (tertiary/aromatic N) is 2. The van der Waals surface area contributed by atoms with E-state index in [9.17, 15) is 10.1 Å². The Morgan fingerprint density at radius 3 is 2.55 bits per heavy atom. The maximum absolute atomic E-state index is 12.7. The summed E-state index contributed by atoms with van der Waals surface area (Å²) in [7, 11) is 0. The van der Waals surface area contributed by atoms with Crippen molar-refractivity contribution in [2.45, 2.75) is 19.0 Å². The van der Waals surface area contributed by atoms with Crippen LogP contribution in [0.4, 0.5) is 0 Å². The Bertz CT molecular complexity index is 783. The first-order chi connectivity index (χ1) is 10.5. The number of hydrogen-bond acceptors (Lipinski definition) is 2. The third-order valence-electron chi connectivity index (χ3n) is 3.93. The summed E-state index contributed by atoms with van der Waals surface area (Å²) in [5, 5.41) is 10.3. The molecular weight excluding hydrogens is 319 g/mol. The smallest absolute Gasteiger partial charge is 0.256 e. The molecule has 0 aliphatic carbocycles. The molecule has 0 saturated carbocycles. The molecule has 5 heteroatoms. The Morgan fingerprint density at radius 1 is 1.23 bits per heavy atom. The fourth-order valence-corrected chi connectivity index (χ4v) is 3.45.